The van der Waals surface area contributed by atoms with Crippen molar-refractivity contribution in [3.63, 3.8) is 0 Å². The van der Waals surface area contributed by atoms with Gasteiger partial charge in [-0.3, -0.25) is 0 Å². The fourth-order valence-electron chi connectivity index (χ4n) is 3.21. The Balaban J connectivity index is 2.23. The molecule has 1 heterocycles. The van der Waals surface area contributed by atoms with E-state index in [1.54, 1.807) is 6.07 Å². The third-order valence-corrected chi connectivity index (χ3v) is 5.81. The zero-order chi connectivity index (χ0) is 15.1. The van der Waals surface area contributed by atoms with Gasteiger partial charge >= 0.3 is 0 Å². The van der Waals surface area contributed by atoms with Crippen LogP contribution in [0.25, 0.3) is 11.0 Å². The van der Waals surface area contributed by atoms with Crippen molar-refractivity contribution in [3.8, 4) is 0 Å². The SMILES string of the molecule is CSC1CCCC1n1c(C(C)Cl)nc2cc(F)c(Cl)cc21. The van der Waals surface area contributed by atoms with Crippen LogP contribution in [0.1, 0.15) is 43.4 Å². The van der Waals surface area contributed by atoms with Crippen molar-refractivity contribution in [3.05, 3.63) is 28.8 Å². The van der Waals surface area contributed by atoms with Crippen LogP contribution in [0.2, 0.25) is 5.02 Å². The van der Waals surface area contributed by atoms with Crippen molar-refractivity contribution in [2.24, 2.45) is 0 Å². The lowest BCUT2D eigenvalue weighted by atomic mass is 10.2. The number of rotatable bonds is 3. The molecule has 3 unspecified atom stereocenters. The number of imidazole rings is 1. The number of thioether (sulfide) groups is 1. The minimum absolute atomic E-state index is 0.135. The Kier molecular flexibility index (Phi) is 4.40. The summed E-state index contributed by atoms with van der Waals surface area (Å²) in [4.78, 5) is 4.55. The summed E-state index contributed by atoms with van der Waals surface area (Å²) >= 11 is 14.2. The second-order valence-corrected chi connectivity index (χ2v) is 7.62. The Morgan fingerprint density at radius 1 is 1.43 bits per heavy atom. The molecule has 21 heavy (non-hydrogen) atoms. The molecule has 1 aromatic carbocycles. The second kappa shape index (κ2) is 5.98. The fourth-order valence-corrected chi connectivity index (χ4v) is 4.50. The molecule has 0 amide bonds. The van der Waals surface area contributed by atoms with Gasteiger partial charge in [-0.25, -0.2) is 9.37 Å². The molecule has 2 aromatic rings. The average Bonchev–Trinajstić information content (AvgIpc) is 3.02. The van der Waals surface area contributed by atoms with Crippen molar-refractivity contribution in [1.82, 2.24) is 9.55 Å². The van der Waals surface area contributed by atoms with E-state index < -0.39 is 5.82 Å². The topological polar surface area (TPSA) is 17.8 Å². The van der Waals surface area contributed by atoms with Crippen LogP contribution in [-0.4, -0.2) is 21.1 Å². The molecule has 1 aromatic heterocycles. The minimum atomic E-state index is -0.435. The van der Waals surface area contributed by atoms with Crippen LogP contribution in [-0.2, 0) is 0 Å². The average molecular weight is 347 g/mol. The van der Waals surface area contributed by atoms with Crippen LogP contribution in [0, 0.1) is 5.82 Å². The maximum absolute atomic E-state index is 13.7. The van der Waals surface area contributed by atoms with Crippen molar-refractivity contribution in [2.75, 3.05) is 6.26 Å². The van der Waals surface area contributed by atoms with Crippen LogP contribution in [0.3, 0.4) is 0 Å². The van der Waals surface area contributed by atoms with Crippen molar-refractivity contribution < 1.29 is 4.39 Å². The highest BCUT2D eigenvalue weighted by Gasteiger charge is 2.32. The van der Waals surface area contributed by atoms with E-state index in [0.29, 0.717) is 16.8 Å². The molecule has 114 valence electrons. The smallest absolute Gasteiger partial charge is 0.144 e. The summed E-state index contributed by atoms with van der Waals surface area (Å²) in [5, 5.41) is 0.457. The maximum atomic E-state index is 13.7. The van der Waals surface area contributed by atoms with Crippen molar-refractivity contribution >= 4 is 46.0 Å². The van der Waals surface area contributed by atoms with Gasteiger partial charge in [0.25, 0.3) is 0 Å². The van der Waals surface area contributed by atoms with Crippen LogP contribution < -0.4 is 0 Å². The summed E-state index contributed by atoms with van der Waals surface area (Å²) in [6.07, 6.45) is 5.62. The van der Waals surface area contributed by atoms with Gasteiger partial charge in [0.2, 0.25) is 0 Å². The summed E-state index contributed by atoms with van der Waals surface area (Å²) < 4.78 is 15.9. The zero-order valence-electron chi connectivity index (χ0n) is 11.9. The van der Waals surface area contributed by atoms with Gasteiger partial charge < -0.3 is 4.57 Å². The minimum Gasteiger partial charge on any atom is -0.322 e. The normalized spacial score (nSPS) is 23.9. The molecule has 0 bridgehead atoms. The first-order valence-corrected chi connectivity index (χ1v) is 9.17. The van der Waals surface area contributed by atoms with E-state index in [9.17, 15) is 4.39 Å². The maximum Gasteiger partial charge on any atom is 0.144 e. The van der Waals surface area contributed by atoms with E-state index in [1.165, 1.54) is 18.9 Å². The van der Waals surface area contributed by atoms with Gasteiger partial charge in [0.05, 0.1) is 21.4 Å². The predicted molar refractivity (Wildman–Crippen MR) is 89.2 cm³/mol. The Labute approximate surface area is 138 Å². The van der Waals surface area contributed by atoms with Gasteiger partial charge in [-0.1, -0.05) is 18.0 Å². The van der Waals surface area contributed by atoms with Crippen molar-refractivity contribution in [1.29, 1.82) is 0 Å². The first-order chi connectivity index (χ1) is 10.0. The number of nitrogens with zero attached hydrogens (tertiary/aromatic N) is 2. The Morgan fingerprint density at radius 2 is 2.19 bits per heavy atom. The fraction of sp³-hybridized carbons (Fsp3) is 0.533. The number of fused-ring (bicyclic) bond motifs is 1. The molecule has 0 aliphatic heterocycles. The van der Waals surface area contributed by atoms with E-state index in [1.807, 2.05) is 18.7 Å². The number of aromatic nitrogens is 2. The number of hydrogen-bond acceptors (Lipinski definition) is 2. The number of halogens is 3. The highest BCUT2D eigenvalue weighted by atomic mass is 35.5. The lowest BCUT2D eigenvalue weighted by Crippen LogP contribution is -2.18. The molecule has 3 atom stereocenters. The molecule has 1 fully saturated rings. The highest BCUT2D eigenvalue weighted by molar-refractivity contribution is 7.99. The standard InChI is InChI=1S/C15H17Cl2FN2S/c1-8(16)15-19-11-7-10(18)9(17)6-13(11)20(15)12-4-3-5-14(12)21-2/h6-8,12,14H,3-5H2,1-2H3. The molecule has 2 nitrogen and oxygen atoms in total. The Bertz CT molecular complexity index is 671. The molecular weight excluding hydrogens is 330 g/mol. The van der Waals surface area contributed by atoms with Gasteiger partial charge in [0.1, 0.15) is 11.6 Å². The second-order valence-electron chi connectivity index (χ2n) is 5.48. The Hall–Kier alpha value is -0.450. The van der Waals surface area contributed by atoms with Gasteiger partial charge in [-0.15, -0.1) is 11.6 Å². The van der Waals surface area contributed by atoms with Gasteiger partial charge in [0.15, 0.2) is 0 Å². The first kappa shape index (κ1) is 15.4. The lowest BCUT2D eigenvalue weighted by Gasteiger charge is -2.23. The molecule has 1 saturated carbocycles. The monoisotopic (exact) mass is 346 g/mol. The Morgan fingerprint density at radius 3 is 2.86 bits per heavy atom. The summed E-state index contributed by atoms with van der Waals surface area (Å²) in [7, 11) is 0. The van der Waals surface area contributed by atoms with E-state index in [0.717, 1.165) is 17.8 Å². The molecule has 0 saturated heterocycles. The van der Waals surface area contributed by atoms with E-state index >= 15 is 0 Å². The van der Waals surface area contributed by atoms with Gasteiger partial charge in [0, 0.05) is 17.4 Å². The van der Waals surface area contributed by atoms with Crippen LogP contribution >= 0.6 is 35.0 Å². The number of benzene rings is 1. The van der Waals surface area contributed by atoms with Crippen LogP contribution in [0.4, 0.5) is 4.39 Å². The largest absolute Gasteiger partial charge is 0.322 e. The van der Waals surface area contributed by atoms with E-state index in [4.69, 9.17) is 23.2 Å². The van der Waals surface area contributed by atoms with Gasteiger partial charge in [-0.2, -0.15) is 11.8 Å². The molecule has 1 aliphatic rings. The summed E-state index contributed by atoms with van der Waals surface area (Å²) in [5.74, 6) is 0.370. The van der Waals surface area contributed by atoms with E-state index in [2.05, 4.69) is 15.8 Å². The molecule has 3 rings (SSSR count). The van der Waals surface area contributed by atoms with Crippen LogP contribution in [0.15, 0.2) is 12.1 Å². The van der Waals surface area contributed by atoms with Gasteiger partial charge in [-0.05, 0) is 32.1 Å². The van der Waals surface area contributed by atoms with E-state index in [-0.39, 0.29) is 10.4 Å². The molecule has 0 N–H and O–H groups in total. The summed E-state index contributed by atoms with van der Waals surface area (Å²) in [6, 6.07) is 3.43. The van der Waals surface area contributed by atoms with Crippen LogP contribution in [0.5, 0.6) is 0 Å². The summed E-state index contributed by atoms with van der Waals surface area (Å²) in [5.41, 5.74) is 1.51. The predicted octanol–water partition coefficient (Wildman–Crippen LogP) is 5.59. The molecular formula is C15H17Cl2FN2S. The molecule has 0 radical (unpaired) electrons. The summed E-state index contributed by atoms with van der Waals surface area (Å²) in [6.45, 7) is 1.90. The highest BCUT2D eigenvalue weighted by Crippen LogP contribution is 2.42. The number of hydrogen-bond donors (Lipinski definition) is 0. The zero-order valence-corrected chi connectivity index (χ0v) is 14.3. The molecule has 6 heteroatoms. The third-order valence-electron chi connectivity index (χ3n) is 4.17. The van der Waals surface area contributed by atoms with Crippen molar-refractivity contribution in [2.45, 2.75) is 42.9 Å². The molecule has 0 spiro atoms. The number of alkyl halides is 1. The molecule has 1 aliphatic carbocycles. The first-order valence-electron chi connectivity index (χ1n) is 7.06. The third kappa shape index (κ3) is 2.66. The lowest BCUT2D eigenvalue weighted by molar-refractivity contribution is 0.519. The quantitative estimate of drug-likeness (QED) is 0.674.